The summed E-state index contributed by atoms with van der Waals surface area (Å²) < 4.78 is 6.74. The van der Waals surface area contributed by atoms with Gasteiger partial charge < -0.3 is 10.1 Å². The number of aromatic nitrogens is 4. The van der Waals surface area contributed by atoms with E-state index in [2.05, 4.69) is 20.8 Å². The summed E-state index contributed by atoms with van der Waals surface area (Å²) in [6.07, 6.45) is 1.11. The topological polar surface area (TPSA) is 81.9 Å². The first-order valence-electron chi connectivity index (χ1n) is 6.35. The average Bonchev–Trinajstić information content (AvgIpc) is 2.85. The number of carbonyl (C=O) groups excluding carboxylic acids is 1. The maximum atomic E-state index is 11.8. The zero-order chi connectivity index (χ0) is 14.4. The fraction of sp³-hybridized carbons (Fsp3) is 0.385. The van der Waals surface area contributed by atoms with Crippen molar-refractivity contribution in [3.63, 3.8) is 0 Å². The molecule has 0 spiro atoms. The van der Waals surface area contributed by atoms with E-state index in [1.54, 1.807) is 23.9 Å². The molecule has 1 N–H and O–H groups in total. The number of hydrogen-bond acceptors (Lipinski definition) is 5. The molecule has 0 aliphatic heterocycles. The lowest BCUT2D eigenvalue weighted by Crippen LogP contribution is -2.13. The van der Waals surface area contributed by atoms with E-state index in [4.69, 9.17) is 4.74 Å². The summed E-state index contributed by atoms with van der Waals surface area (Å²) in [5.74, 6) is 1.48. The standard InChI is InChI=1S/C13H17N5O2/c1-10-15-16-17-18(10)9-3-4-13(19)14-11-5-7-12(20-2)8-6-11/h5-8H,3-4,9H2,1-2H3,(H,14,19). The third-order valence-corrected chi connectivity index (χ3v) is 2.86. The molecule has 0 saturated heterocycles. The molecule has 7 nitrogen and oxygen atoms in total. The minimum atomic E-state index is -0.0269. The van der Waals surface area contributed by atoms with Gasteiger partial charge in [0.1, 0.15) is 11.6 Å². The number of nitrogens with zero attached hydrogens (tertiary/aromatic N) is 4. The Morgan fingerprint density at radius 3 is 2.70 bits per heavy atom. The van der Waals surface area contributed by atoms with Crippen molar-refractivity contribution in [3.8, 4) is 5.75 Å². The zero-order valence-corrected chi connectivity index (χ0v) is 11.5. The molecule has 1 aromatic carbocycles. The third-order valence-electron chi connectivity index (χ3n) is 2.86. The molecule has 0 radical (unpaired) electrons. The van der Waals surface area contributed by atoms with Crippen LogP contribution >= 0.6 is 0 Å². The maximum absolute atomic E-state index is 11.8. The molecular weight excluding hydrogens is 258 g/mol. The number of ether oxygens (including phenoxy) is 1. The van der Waals surface area contributed by atoms with Crippen LogP contribution in [0.3, 0.4) is 0 Å². The molecule has 0 bridgehead atoms. The van der Waals surface area contributed by atoms with Gasteiger partial charge in [0.15, 0.2) is 0 Å². The molecule has 0 fully saturated rings. The van der Waals surface area contributed by atoms with E-state index < -0.39 is 0 Å². The van der Waals surface area contributed by atoms with Gasteiger partial charge in [0, 0.05) is 18.7 Å². The summed E-state index contributed by atoms with van der Waals surface area (Å²) >= 11 is 0. The van der Waals surface area contributed by atoms with E-state index in [9.17, 15) is 4.79 Å². The first kappa shape index (κ1) is 14.0. The first-order chi connectivity index (χ1) is 9.69. The van der Waals surface area contributed by atoms with Crippen LogP contribution < -0.4 is 10.1 Å². The fourth-order valence-electron chi connectivity index (χ4n) is 1.74. The molecule has 106 valence electrons. The van der Waals surface area contributed by atoms with Crippen LogP contribution in [-0.2, 0) is 11.3 Å². The van der Waals surface area contributed by atoms with Gasteiger partial charge in [0.25, 0.3) is 0 Å². The number of amides is 1. The van der Waals surface area contributed by atoms with Crippen molar-refractivity contribution < 1.29 is 9.53 Å². The molecule has 2 rings (SSSR count). The van der Waals surface area contributed by atoms with Gasteiger partial charge in [-0.25, -0.2) is 4.68 Å². The largest absolute Gasteiger partial charge is 0.497 e. The minimum absolute atomic E-state index is 0.0269. The van der Waals surface area contributed by atoms with Crippen LogP contribution in [0.5, 0.6) is 5.75 Å². The number of methoxy groups -OCH3 is 1. The van der Waals surface area contributed by atoms with E-state index in [-0.39, 0.29) is 5.91 Å². The van der Waals surface area contributed by atoms with Crippen LogP contribution in [0.15, 0.2) is 24.3 Å². The highest BCUT2D eigenvalue weighted by Crippen LogP contribution is 2.15. The normalized spacial score (nSPS) is 10.3. The minimum Gasteiger partial charge on any atom is -0.497 e. The second-order valence-electron chi connectivity index (χ2n) is 4.33. The van der Waals surface area contributed by atoms with Crippen LogP contribution in [0.4, 0.5) is 5.69 Å². The Labute approximate surface area is 116 Å². The van der Waals surface area contributed by atoms with Gasteiger partial charge in [0.2, 0.25) is 5.91 Å². The van der Waals surface area contributed by atoms with Gasteiger partial charge in [-0.2, -0.15) is 0 Å². The highest BCUT2D eigenvalue weighted by molar-refractivity contribution is 5.90. The van der Waals surface area contributed by atoms with E-state index in [1.165, 1.54) is 0 Å². The molecule has 0 aliphatic carbocycles. The molecule has 7 heteroatoms. The molecule has 1 amide bonds. The quantitative estimate of drug-likeness (QED) is 0.862. The van der Waals surface area contributed by atoms with Crippen molar-refractivity contribution in [1.29, 1.82) is 0 Å². The second kappa shape index (κ2) is 6.65. The Kier molecular flexibility index (Phi) is 4.65. The molecule has 0 saturated carbocycles. The van der Waals surface area contributed by atoms with E-state index in [0.29, 0.717) is 19.4 Å². The molecular formula is C13H17N5O2. The van der Waals surface area contributed by atoms with Crippen LogP contribution in [0.1, 0.15) is 18.7 Å². The highest BCUT2D eigenvalue weighted by Gasteiger charge is 2.05. The van der Waals surface area contributed by atoms with Crippen LogP contribution in [-0.4, -0.2) is 33.2 Å². The van der Waals surface area contributed by atoms with Gasteiger partial charge in [-0.1, -0.05) is 0 Å². The molecule has 20 heavy (non-hydrogen) atoms. The van der Waals surface area contributed by atoms with Crippen molar-refractivity contribution in [2.24, 2.45) is 0 Å². The summed E-state index contributed by atoms with van der Waals surface area (Å²) in [6.45, 7) is 2.46. The Morgan fingerprint density at radius 1 is 1.35 bits per heavy atom. The SMILES string of the molecule is COc1ccc(NC(=O)CCCn2nnnc2C)cc1. The lowest BCUT2D eigenvalue weighted by atomic mass is 10.2. The Morgan fingerprint density at radius 2 is 2.10 bits per heavy atom. The molecule has 0 aliphatic rings. The number of aryl methyl sites for hydroxylation is 2. The van der Waals surface area contributed by atoms with E-state index >= 15 is 0 Å². The average molecular weight is 275 g/mol. The van der Waals surface area contributed by atoms with Crippen molar-refractivity contribution in [1.82, 2.24) is 20.2 Å². The second-order valence-corrected chi connectivity index (χ2v) is 4.33. The van der Waals surface area contributed by atoms with Gasteiger partial charge >= 0.3 is 0 Å². The van der Waals surface area contributed by atoms with Crippen LogP contribution in [0.25, 0.3) is 0 Å². The summed E-state index contributed by atoms with van der Waals surface area (Å²) in [5, 5.41) is 14.0. The number of nitrogens with one attached hydrogen (secondary N) is 1. The van der Waals surface area contributed by atoms with Gasteiger partial charge in [-0.3, -0.25) is 4.79 Å². The summed E-state index contributed by atoms with van der Waals surface area (Å²) in [4.78, 5) is 11.8. The summed E-state index contributed by atoms with van der Waals surface area (Å²) in [7, 11) is 1.61. The smallest absolute Gasteiger partial charge is 0.224 e. The predicted octanol–water partition coefficient (Wildman–Crippen LogP) is 1.41. The predicted molar refractivity (Wildman–Crippen MR) is 73.4 cm³/mol. The van der Waals surface area contributed by atoms with Gasteiger partial charge in [-0.05, 0) is 48.0 Å². The maximum Gasteiger partial charge on any atom is 0.224 e. The van der Waals surface area contributed by atoms with E-state index in [1.807, 2.05) is 19.1 Å². The molecule has 1 heterocycles. The molecule has 1 aromatic heterocycles. The summed E-state index contributed by atoms with van der Waals surface area (Å²) in [5.41, 5.74) is 0.759. The Bertz CT molecular complexity index is 564. The number of carbonyl (C=O) groups is 1. The molecule has 0 atom stereocenters. The van der Waals surface area contributed by atoms with Crippen molar-refractivity contribution in [3.05, 3.63) is 30.1 Å². The van der Waals surface area contributed by atoms with Gasteiger partial charge in [-0.15, -0.1) is 5.10 Å². The van der Waals surface area contributed by atoms with Crippen molar-refractivity contribution in [2.75, 3.05) is 12.4 Å². The van der Waals surface area contributed by atoms with Crippen molar-refractivity contribution >= 4 is 11.6 Å². The molecule has 0 unspecified atom stereocenters. The van der Waals surface area contributed by atoms with Crippen LogP contribution in [0, 0.1) is 6.92 Å². The number of tetrazole rings is 1. The number of anilines is 1. The lowest BCUT2D eigenvalue weighted by molar-refractivity contribution is -0.116. The third kappa shape index (κ3) is 3.78. The van der Waals surface area contributed by atoms with Crippen LogP contribution in [0.2, 0.25) is 0 Å². The lowest BCUT2D eigenvalue weighted by Gasteiger charge is -2.06. The van der Waals surface area contributed by atoms with E-state index in [0.717, 1.165) is 17.3 Å². The van der Waals surface area contributed by atoms with Crippen molar-refractivity contribution in [2.45, 2.75) is 26.3 Å². The first-order valence-corrected chi connectivity index (χ1v) is 6.35. The Hall–Kier alpha value is -2.44. The monoisotopic (exact) mass is 275 g/mol. The van der Waals surface area contributed by atoms with Gasteiger partial charge in [0.05, 0.1) is 7.11 Å². The highest BCUT2D eigenvalue weighted by atomic mass is 16.5. The number of hydrogen-bond donors (Lipinski definition) is 1. The fourth-order valence-corrected chi connectivity index (χ4v) is 1.74. The zero-order valence-electron chi connectivity index (χ0n) is 11.5. The molecule has 2 aromatic rings. The number of rotatable bonds is 6. The Balaban J connectivity index is 1.76. The summed E-state index contributed by atoms with van der Waals surface area (Å²) in [6, 6.07) is 7.23. The number of benzene rings is 1.